The Morgan fingerprint density at radius 3 is 2.48 bits per heavy atom. The van der Waals surface area contributed by atoms with Crippen molar-refractivity contribution in [2.24, 2.45) is 4.99 Å². The van der Waals surface area contributed by atoms with Crippen LogP contribution in [-0.2, 0) is 4.74 Å². The van der Waals surface area contributed by atoms with Gasteiger partial charge in [-0.3, -0.25) is 9.89 Å². The van der Waals surface area contributed by atoms with Crippen molar-refractivity contribution >= 4 is 5.96 Å². The van der Waals surface area contributed by atoms with Crippen molar-refractivity contribution in [3.05, 3.63) is 35.9 Å². The molecule has 2 heterocycles. The molecule has 0 aliphatic carbocycles. The Morgan fingerprint density at radius 2 is 1.78 bits per heavy atom. The highest BCUT2D eigenvalue weighted by atomic mass is 16.5. The average Bonchev–Trinajstić information content (AvgIpc) is 2.75. The van der Waals surface area contributed by atoms with E-state index in [0.29, 0.717) is 6.04 Å². The van der Waals surface area contributed by atoms with Crippen LogP contribution in [-0.4, -0.2) is 81.8 Å². The third kappa shape index (κ3) is 6.48. The molecule has 0 spiro atoms. The maximum atomic E-state index is 5.54. The molecule has 2 fully saturated rings. The molecule has 1 aromatic carbocycles. The summed E-state index contributed by atoms with van der Waals surface area (Å²) in [5.41, 5.74) is 1.34. The lowest BCUT2D eigenvalue weighted by Crippen LogP contribution is -2.47. The van der Waals surface area contributed by atoms with Crippen LogP contribution in [0.3, 0.4) is 0 Å². The molecule has 1 unspecified atom stereocenters. The smallest absolute Gasteiger partial charge is 0.191 e. The van der Waals surface area contributed by atoms with Crippen LogP contribution in [0.4, 0.5) is 0 Å². The van der Waals surface area contributed by atoms with Crippen LogP contribution in [0.2, 0.25) is 0 Å². The quantitative estimate of drug-likeness (QED) is 0.563. The monoisotopic (exact) mass is 373 g/mol. The van der Waals surface area contributed by atoms with E-state index in [1.54, 1.807) is 0 Å². The van der Waals surface area contributed by atoms with Crippen molar-refractivity contribution in [1.82, 2.24) is 20.4 Å². The summed E-state index contributed by atoms with van der Waals surface area (Å²) >= 11 is 0. The van der Waals surface area contributed by atoms with Gasteiger partial charge in [-0.05, 0) is 31.5 Å². The fraction of sp³-hybridized carbons (Fsp3) is 0.667. The number of hydrogen-bond donors (Lipinski definition) is 2. The lowest BCUT2D eigenvalue weighted by Gasteiger charge is -2.35. The minimum atomic E-state index is 0.329. The molecule has 6 nitrogen and oxygen atoms in total. The highest BCUT2D eigenvalue weighted by molar-refractivity contribution is 5.79. The third-order valence-corrected chi connectivity index (χ3v) is 5.53. The van der Waals surface area contributed by atoms with Gasteiger partial charge in [0.15, 0.2) is 5.96 Å². The van der Waals surface area contributed by atoms with E-state index in [1.807, 2.05) is 7.05 Å². The highest BCUT2D eigenvalue weighted by Crippen LogP contribution is 2.20. The van der Waals surface area contributed by atoms with Crippen molar-refractivity contribution in [3.8, 4) is 0 Å². The van der Waals surface area contributed by atoms with E-state index in [1.165, 1.54) is 37.9 Å². The van der Waals surface area contributed by atoms with Crippen LogP contribution in [0.5, 0.6) is 0 Å². The number of nitrogens with one attached hydrogen (secondary N) is 2. The van der Waals surface area contributed by atoms with Gasteiger partial charge in [-0.15, -0.1) is 0 Å². The number of rotatable bonds is 7. The summed E-state index contributed by atoms with van der Waals surface area (Å²) in [5, 5.41) is 7.02. The normalized spacial score (nSPS) is 21.0. The molecular weight excluding hydrogens is 338 g/mol. The largest absolute Gasteiger partial charge is 0.379 e. The number of benzene rings is 1. The lowest BCUT2D eigenvalue weighted by atomic mass is 10.0. The van der Waals surface area contributed by atoms with E-state index in [9.17, 15) is 0 Å². The van der Waals surface area contributed by atoms with Gasteiger partial charge in [-0.2, -0.15) is 0 Å². The Labute approximate surface area is 164 Å². The number of aliphatic imine (C=N–C) groups is 1. The zero-order chi connectivity index (χ0) is 18.7. The summed E-state index contributed by atoms with van der Waals surface area (Å²) in [6.07, 6.45) is 4.06. The van der Waals surface area contributed by atoms with Gasteiger partial charge >= 0.3 is 0 Å². The van der Waals surface area contributed by atoms with E-state index >= 15 is 0 Å². The summed E-state index contributed by atoms with van der Waals surface area (Å²) in [6, 6.07) is 11.1. The zero-order valence-corrected chi connectivity index (χ0v) is 16.7. The molecule has 6 heteroatoms. The average molecular weight is 374 g/mol. The van der Waals surface area contributed by atoms with Gasteiger partial charge in [0.2, 0.25) is 0 Å². The second kappa shape index (κ2) is 11.3. The van der Waals surface area contributed by atoms with Crippen LogP contribution in [0.1, 0.15) is 30.9 Å². The predicted molar refractivity (Wildman–Crippen MR) is 111 cm³/mol. The number of hydrogen-bond acceptors (Lipinski definition) is 4. The number of morpholine rings is 1. The third-order valence-electron chi connectivity index (χ3n) is 5.53. The van der Waals surface area contributed by atoms with E-state index in [4.69, 9.17) is 4.74 Å². The van der Waals surface area contributed by atoms with Crippen LogP contribution in [0, 0.1) is 0 Å². The molecular formula is C21H35N5O. The first-order valence-electron chi connectivity index (χ1n) is 10.4. The van der Waals surface area contributed by atoms with Gasteiger partial charge in [0.05, 0.1) is 19.3 Å². The van der Waals surface area contributed by atoms with Gasteiger partial charge in [-0.1, -0.05) is 36.8 Å². The molecule has 0 radical (unpaired) electrons. The maximum Gasteiger partial charge on any atom is 0.191 e. The molecule has 1 aromatic rings. The first-order chi connectivity index (χ1) is 13.4. The Bertz CT molecular complexity index is 553. The van der Waals surface area contributed by atoms with Crippen molar-refractivity contribution in [3.63, 3.8) is 0 Å². The minimum Gasteiger partial charge on any atom is -0.379 e. The molecule has 2 aliphatic rings. The van der Waals surface area contributed by atoms with Crippen molar-refractivity contribution in [2.75, 3.05) is 66.1 Å². The summed E-state index contributed by atoms with van der Waals surface area (Å²) in [4.78, 5) is 9.47. The number of ether oxygens (including phenoxy) is 1. The topological polar surface area (TPSA) is 52.1 Å². The highest BCUT2D eigenvalue weighted by Gasteiger charge is 2.22. The molecule has 150 valence electrons. The summed E-state index contributed by atoms with van der Waals surface area (Å²) in [6.45, 7) is 8.91. The molecule has 3 rings (SSSR count). The second-order valence-electron chi connectivity index (χ2n) is 7.36. The molecule has 1 atom stereocenters. The van der Waals surface area contributed by atoms with Crippen molar-refractivity contribution < 1.29 is 4.74 Å². The Hall–Kier alpha value is -1.63. The Balaban J connectivity index is 1.50. The standard InChI is InChI=1S/C21H35N5O/c1-22-21(23-10-13-25-11-6-3-7-12-25)24-18-20(19-8-4-2-5-9-19)26-14-16-27-17-15-26/h2,4-5,8-9,20H,3,6-7,10-18H2,1H3,(H2,22,23,24). The number of piperidine rings is 1. The molecule has 2 saturated heterocycles. The molecule has 27 heavy (non-hydrogen) atoms. The summed E-state index contributed by atoms with van der Waals surface area (Å²) in [7, 11) is 1.85. The van der Waals surface area contributed by atoms with Crippen LogP contribution < -0.4 is 10.6 Å². The fourth-order valence-corrected chi connectivity index (χ4v) is 3.95. The van der Waals surface area contributed by atoms with Gasteiger partial charge < -0.3 is 20.3 Å². The first kappa shape index (κ1) is 20.1. The second-order valence-corrected chi connectivity index (χ2v) is 7.36. The van der Waals surface area contributed by atoms with Crippen molar-refractivity contribution in [1.29, 1.82) is 0 Å². The predicted octanol–water partition coefficient (Wildman–Crippen LogP) is 1.71. The van der Waals surface area contributed by atoms with Crippen LogP contribution in [0.25, 0.3) is 0 Å². The van der Waals surface area contributed by atoms with Gasteiger partial charge in [-0.25, -0.2) is 0 Å². The van der Waals surface area contributed by atoms with Gasteiger partial charge in [0.25, 0.3) is 0 Å². The summed E-state index contributed by atoms with van der Waals surface area (Å²) < 4.78 is 5.54. The maximum absolute atomic E-state index is 5.54. The fourth-order valence-electron chi connectivity index (χ4n) is 3.95. The van der Waals surface area contributed by atoms with Gasteiger partial charge in [0, 0.05) is 39.8 Å². The molecule has 0 aromatic heterocycles. The number of guanidine groups is 1. The summed E-state index contributed by atoms with van der Waals surface area (Å²) in [5.74, 6) is 0.890. The first-order valence-corrected chi connectivity index (χ1v) is 10.4. The van der Waals surface area contributed by atoms with Crippen LogP contribution in [0.15, 0.2) is 35.3 Å². The Morgan fingerprint density at radius 1 is 1.04 bits per heavy atom. The number of likely N-dealkylation sites (tertiary alicyclic amines) is 1. The number of nitrogens with zero attached hydrogens (tertiary/aromatic N) is 3. The SMILES string of the molecule is CN=C(NCCN1CCCCC1)NCC(c1ccccc1)N1CCOCC1. The molecule has 0 saturated carbocycles. The van der Waals surface area contributed by atoms with E-state index in [2.05, 4.69) is 55.8 Å². The van der Waals surface area contributed by atoms with Crippen LogP contribution >= 0.6 is 0 Å². The molecule has 2 aliphatic heterocycles. The van der Waals surface area contributed by atoms with Gasteiger partial charge in [0.1, 0.15) is 0 Å². The van der Waals surface area contributed by atoms with Crippen molar-refractivity contribution in [2.45, 2.75) is 25.3 Å². The lowest BCUT2D eigenvalue weighted by molar-refractivity contribution is 0.0170. The molecule has 0 amide bonds. The molecule has 2 N–H and O–H groups in total. The minimum absolute atomic E-state index is 0.329. The van der Waals surface area contributed by atoms with E-state index < -0.39 is 0 Å². The Kier molecular flexibility index (Phi) is 8.39. The van der Waals surface area contributed by atoms with E-state index in [0.717, 1.165) is 51.9 Å². The molecule has 0 bridgehead atoms. The zero-order valence-electron chi connectivity index (χ0n) is 16.7. The van der Waals surface area contributed by atoms with E-state index in [-0.39, 0.29) is 0 Å².